The Kier molecular flexibility index (Phi) is 4.50. The van der Waals surface area contributed by atoms with Crippen molar-refractivity contribution in [2.45, 2.75) is 6.54 Å². The number of amides is 1. The standard InChI is InChI=1S/C14H12F3N3O2/c1-22-14-9(13(18)21)3-8(6-20-14)19-5-7-2-11(16)12(17)4-10(7)15/h2-4,6,19H,5H2,1H3,(H2,18,21). The highest BCUT2D eigenvalue weighted by atomic mass is 19.2. The molecule has 1 heterocycles. The molecule has 0 aliphatic carbocycles. The van der Waals surface area contributed by atoms with Crippen molar-refractivity contribution in [1.82, 2.24) is 4.98 Å². The zero-order valence-electron chi connectivity index (χ0n) is 11.5. The van der Waals surface area contributed by atoms with Crippen LogP contribution in [0.5, 0.6) is 5.88 Å². The minimum atomic E-state index is -1.26. The highest BCUT2D eigenvalue weighted by Gasteiger charge is 2.13. The lowest BCUT2D eigenvalue weighted by molar-refractivity contribution is 0.0996. The maximum atomic E-state index is 13.5. The molecule has 0 aliphatic heterocycles. The number of methoxy groups -OCH3 is 1. The van der Waals surface area contributed by atoms with Crippen LogP contribution in [0.2, 0.25) is 0 Å². The lowest BCUT2D eigenvalue weighted by Crippen LogP contribution is -2.14. The van der Waals surface area contributed by atoms with Crippen molar-refractivity contribution in [1.29, 1.82) is 0 Å². The molecule has 0 fully saturated rings. The quantitative estimate of drug-likeness (QED) is 0.830. The molecule has 5 nitrogen and oxygen atoms in total. The van der Waals surface area contributed by atoms with Gasteiger partial charge in [0.1, 0.15) is 11.4 Å². The van der Waals surface area contributed by atoms with Crippen LogP contribution in [-0.4, -0.2) is 18.0 Å². The third-order valence-corrected chi connectivity index (χ3v) is 2.88. The Hall–Kier alpha value is -2.77. The molecule has 0 aliphatic rings. The van der Waals surface area contributed by atoms with Gasteiger partial charge >= 0.3 is 0 Å². The van der Waals surface area contributed by atoms with Gasteiger partial charge in [-0.15, -0.1) is 0 Å². The van der Waals surface area contributed by atoms with Crippen molar-refractivity contribution < 1.29 is 22.7 Å². The summed E-state index contributed by atoms with van der Waals surface area (Å²) >= 11 is 0. The van der Waals surface area contributed by atoms with E-state index in [4.69, 9.17) is 10.5 Å². The third-order valence-electron chi connectivity index (χ3n) is 2.88. The second kappa shape index (κ2) is 6.33. The average molecular weight is 311 g/mol. The number of anilines is 1. The van der Waals surface area contributed by atoms with Crippen molar-refractivity contribution in [3.05, 3.63) is 53.0 Å². The zero-order valence-corrected chi connectivity index (χ0v) is 11.5. The van der Waals surface area contributed by atoms with E-state index in [2.05, 4.69) is 10.3 Å². The van der Waals surface area contributed by atoms with Crippen molar-refractivity contribution in [3.8, 4) is 5.88 Å². The Morgan fingerprint density at radius 2 is 1.91 bits per heavy atom. The largest absolute Gasteiger partial charge is 0.480 e. The summed E-state index contributed by atoms with van der Waals surface area (Å²) in [5.41, 5.74) is 5.50. The molecule has 3 N–H and O–H groups in total. The van der Waals surface area contributed by atoms with E-state index >= 15 is 0 Å². The smallest absolute Gasteiger partial charge is 0.254 e. The fraction of sp³-hybridized carbons (Fsp3) is 0.143. The molecule has 2 rings (SSSR count). The Morgan fingerprint density at radius 3 is 2.55 bits per heavy atom. The Morgan fingerprint density at radius 1 is 1.23 bits per heavy atom. The second-order valence-electron chi connectivity index (χ2n) is 4.36. The Bertz CT molecular complexity index is 723. The number of hydrogen-bond donors (Lipinski definition) is 2. The lowest BCUT2D eigenvalue weighted by Gasteiger charge is -2.10. The number of pyridine rings is 1. The van der Waals surface area contributed by atoms with E-state index < -0.39 is 23.4 Å². The normalized spacial score (nSPS) is 10.4. The molecular weight excluding hydrogens is 299 g/mol. The first kappa shape index (κ1) is 15.6. The van der Waals surface area contributed by atoms with Crippen LogP contribution in [0.3, 0.4) is 0 Å². The molecule has 0 spiro atoms. The number of halogens is 3. The summed E-state index contributed by atoms with van der Waals surface area (Å²) in [5.74, 6) is -3.99. The van der Waals surface area contributed by atoms with Crippen molar-refractivity contribution in [3.63, 3.8) is 0 Å². The summed E-state index contributed by atoms with van der Waals surface area (Å²) in [4.78, 5) is 15.1. The van der Waals surface area contributed by atoms with E-state index in [1.165, 1.54) is 19.4 Å². The highest BCUT2D eigenvalue weighted by molar-refractivity contribution is 5.95. The molecule has 8 heteroatoms. The van der Waals surface area contributed by atoms with Crippen LogP contribution in [0.4, 0.5) is 18.9 Å². The molecule has 2 aromatic rings. The van der Waals surface area contributed by atoms with Gasteiger partial charge in [0.2, 0.25) is 5.88 Å². The maximum Gasteiger partial charge on any atom is 0.254 e. The molecule has 116 valence electrons. The summed E-state index contributed by atoms with van der Waals surface area (Å²) in [6.45, 7) is -0.130. The predicted molar refractivity (Wildman–Crippen MR) is 72.9 cm³/mol. The Balaban J connectivity index is 2.20. The van der Waals surface area contributed by atoms with Crippen molar-refractivity contribution in [2.75, 3.05) is 12.4 Å². The number of nitrogens with one attached hydrogen (secondary N) is 1. The van der Waals surface area contributed by atoms with Gasteiger partial charge in [-0.3, -0.25) is 4.79 Å². The molecule has 1 aromatic carbocycles. The summed E-state index contributed by atoms with van der Waals surface area (Å²) < 4.78 is 44.3. The molecule has 0 atom stereocenters. The first-order valence-corrected chi connectivity index (χ1v) is 6.13. The molecule has 1 amide bonds. The molecule has 0 saturated heterocycles. The fourth-order valence-electron chi connectivity index (χ4n) is 1.78. The zero-order chi connectivity index (χ0) is 16.3. The number of ether oxygens (including phenoxy) is 1. The molecule has 0 saturated carbocycles. The first-order valence-electron chi connectivity index (χ1n) is 6.13. The van der Waals surface area contributed by atoms with E-state index in [-0.39, 0.29) is 23.6 Å². The molecular formula is C14H12F3N3O2. The van der Waals surface area contributed by atoms with Crippen LogP contribution in [0.1, 0.15) is 15.9 Å². The topological polar surface area (TPSA) is 77.2 Å². The number of hydrogen-bond acceptors (Lipinski definition) is 4. The first-order chi connectivity index (χ1) is 10.4. The van der Waals surface area contributed by atoms with Crippen LogP contribution in [0.15, 0.2) is 24.4 Å². The van der Waals surface area contributed by atoms with Gasteiger partial charge in [0, 0.05) is 18.2 Å². The number of nitrogens with two attached hydrogens (primary N) is 1. The van der Waals surface area contributed by atoms with E-state index in [1.54, 1.807) is 0 Å². The van der Waals surface area contributed by atoms with Gasteiger partial charge in [-0.25, -0.2) is 18.2 Å². The number of aromatic nitrogens is 1. The predicted octanol–water partition coefficient (Wildman–Crippen LogP) is 2.22. The minimum absolute atomic E-state index is 0.0401. The van der Waals surface area contributed by atoms with Crippen LogP contribution < -0.4 is 15.8 Å². The number of primary amides is 1. The molecule has 0 bridgehead atoms. The summed E-state index contributed by atoms with van der Waals surface area (Å²) in [5, 5.41) is 2.74. The monoisotopic (exact) mass is 311 g/mol. The van der Waals surface area contributed by atoms with Crippen molar-refractivity contribution >= 4 is 11.6 Å². The summed E-state index contributed by atoms with van der Waals surface area (Å²) in [6, 6.07) is 2.59. The molecule has 22 heavy (non-hydrogen) atoms. The molecule has 0 radical (unpaired) electrons. The minimum Gasteiger partial charge on any atom is -0.480 e. The summed E-state index contributed by atoms with van der Waals surface area (Å²) in [7, 11) is 1.33. The fourth-order valence-corrected chi connectivity index (χ4v) is 1.78. The van der Waals surface area contributed by atoms with Gasteiger partial charge < -0.3 is 15.8 Å². The van der Waals surface area contributed by atoms with E-state index in [1.807, 2.05) is 0 Å². The third kappa shape index (κ3) is 3.27. The number of rotatable bonds is 5. The van der Waals surface area contributed by atoms with Crippen LogP contribution in [-0.2, 0) is 6.54 Å². The highest BCUT2D eigenvalue weighted by Crippen LogP contribution is 2.20. The number of carbonyl (C=O) groups excluding carboxylic acids is 1. The van der Waals surface area contributed by atoms with Gasteiger partial charge in [0.05, 0.1) is 19.0 Å². The molecule has 1 aromatic heterocycles. The lowest BCUT2D eigenvalue weighted by atomic mass is 10.2. The van der Waals surface area contributed by atoms with Crippen LogP contribution in [0.25, 0.3) is 0 Å². The number of nitrogens with zero attached hydrogens (tertiary/aromatic N) is 1. The van der Waals surface area contributed by atoms with Crippen LogP contribution in [0, 0.1) is 17.5 Å². The van der Waals surface area contributed by atoms with Gasteiger partial charge in [0.15, 0.2) is 11.6 Å². The van der Waals surface area contributed by atoms with Gasteiger partial charge in [-0.1, -0.05) is 0 Å². The molecule has 0 unspecified atom stereocenters. The Labute approximate surface area is 123 Å². The van der Waals surface area contributed by atoms with Gasteiger partial charge in [0.25, 0.3) is 5.91 Å². The van der Waals surface area contributed by atoms with E-state index in [0.29, 0.717) is 11.8 Å². The van der Waals surface area contributed by atoms with Crippen LogP contribution >= 0.6 is 0 Å². The number of benzene rings is 1. The summed E-state index contributed by atoms with van der Waals surface area (Å²) in [6.07, 6.45) is 1.34. The van der Waals surface area contributed by atoms with Gasteiger partial charge in [-0.2, -0.15) is 0 Å². The van der Waals surface area contributed by atoms with E-state index in [9.17, 15) is 18.0 Å². The SMILES string of the molecule is COc1ncc(NCc2cc(F)c(F)cc2F)cc1C(N)=O. The van der Waals surface area contributed by atoms with Crippen molar-refractivity contribution in [2.24, 2.45) is 5.73 Å². The number of carbonyl (C=O) groups is 1. The van der Waals surface area contributed by atoms with Gasteiger partial charge in [-0.05, 0) is 12.1 Å². The van der Waals surface area contributed by atoms with E-state index in [0.717, 1.165) is 6.07 Å². The average Bonchev–Trinajstić information content (AvgIpc) is 2.49. The second-order valence-corrected chi connectivity index (χ2v) is 4.36. The maximum absolute atomic E-state index is 13.5.